The average molecular weight is 478 g/mol. The number of carboxylic acid groups (broad SMARTS) is 1. The van der Waals surface area contributed by atoms with E-state index in [1.807, 2.05) is 60.7 Å². The van der Waals surface area contributed by atoms with Gasteiger partial charge in [-0.1, -0.05) is 98.8 Å². The van der Waals surface area contributed by atoms with E-state index in [0.29, 0.717) is 0 Å². The van der Waals surface area contributed by atoms with Gasteiger partial charge in [-0.05, 0) is 21.5 Å². The molecule has 178 valence electrons. The van der Waals surface area contributed by atoms with Gasteiger partial charge in [-0.2, -0.15) is 0 Å². The van der Waals surface area contributed by atoms with Crippen molar-refractivity contribution in [3.63, 3.8) is 0 Å². The molecule has 2 unspecified atom stereocenters. The van der Waals surface area contributed by atoms with Crippen LogP contribution in [0.4, 0.5) is 0 Å². The summed E-state index contributed by atoms with van der Waals surface area (Å²) in [6.45, 7) is 4.74. The number of carboxylic acids is 1. The van der Waals surface area contributed by atoms with Crippen molar-refractivity contribution in [3.05, 3.63) is 96.1 Å². The molecule has 0 aromatic heterocycles. The van der Waals surface area contributed by atoms with E-state index in [9.17, 15) is 15.0 Å². The molecule has 3 aromatic carbocycles. The summed E-state index contributed by atoms with van der Waals surface area (Å²) in [5.74, 6) is -0.972. The van der Waals surface area contributed by atoms with Crippen molar-refractivity contribution in [2.24, 2.45) is 0 Å². The van der Waals surface area contributed by atoms with E-state index in [4.69, 9.17) is 9.16 Å². The normalized spacial score (nSPS) is 20.1. The zero-order valence-corrected chi connectivity index (χ0v) is 20.5. The first-order valence-corrected chi connectivity index (χ1v) is 13.4. The van der Waals surface area contributed by atoms with Gasteiger partial charge in [0.15, 0.2) is 0 Å². The zero-order valence-electron chi connectivity index (χ0n) is 19.5. The summed E-state index contributed by atoms with van der Waals surface area (Å²) in [6, 6.07) is 27.4. The summed E-state index contributed by atoms with van der Waals surface area (Å²) in [5, 5.41) is 24.9. The number of hydrogen-bond donors (Lipinski definition) is 3. The van der Waals surface area contributed by atoms with Crippen LogP contribution in [-0.4, -0.2) is 43.6 Å². The average Bonchev–Trinajstić information content (AvgIpc) is 2.84. The second-order valence-electron chi connectivity index (χ2n) is 9.14. The molecule has 0 amide bonds. The molecular weight excluding hydrogens is 446 g/mol. The monoisotopic (exact) mass is 477 g/mol. The largest absolute Gasteiger partial charge is 0.481 e. The van der Waals surface area contributed by atoms with Crippen molar-refractivity contribution in [2.45, 2.75) is 44.4 Å². The maximum Gasteiger partial charge on any atom is 0.305 e. The highest BCUT2D eigenvalue weighted by atomic mass is 28.4. The Kier molecular flexibility index (Phi) is 7.30. The van der Waals surface area contributed by atoms with Crippen LogP contribution in [0.15, 0.2) is 84.9 Å². The molecule has 4 rings (SSSR count). The number of rotatable bonds is 11. The lowest BCUT2D eigenvalue weighted by molar-refractivity contribution is -0.145. The summed E-state index contributed by atoms with van der Waals surface area (Å²) in [4.78, 5) is 11.6. The number of aliphatic carboxylic acids is 1. The fraction of sp³-hybridized carbons (Fsp3) is 0.296. The van der Waals surface area contributed by atoms with Crippen molar-refractivity contribution in [1.29, 1.82) is 0 Å². The minimum absolute atomic E-state index is 0.136. The van der Waals surface area contributed by atoms with Gasteiger partial charge in [0, 0.05) is 11.1 Å². The van der Waals surface area contributed by atoms with Crippen LogP contribution in [0.1, 0.15) is 31.4 Å². The molecule has 0 saturated heterocycles. The minimum atomic E-state index is -2.66. The number of hydrogen-bond acceptors (Lipinski definition) is 5. The Morgan fingerprint density at radius 2 is 1.59 bits per heavy atom. The summed E-state index contributed by atoms with van der Waals surface area (Å²) >= 11 is 0. The maximum atomic E-state index is 11.6. The third-order valence-corrected chi connectivity index (χ3v) is 11.6. The lowest BCUT2D eigenvalue weighted by atomic mass is 10.0. The molecule has 0 radical (unpaired) electrons. The van der Waals surface area contributed by atoms with E-state index >= 15 is 0 Å². The summed E-state index contributed by atoms with van der Waals surface area (Å²) in [6.07, 6.45) is -1.52. The highest BCUT2D eigenvalue weighted by Gasteiger charge is 2.63. The van der Waals surface area contributed by atoms with Crippen LogP contribution in [-0.2, 0) is 25.6 Å². The predicted octanol–water partition coefficient (Wildman–Crippen LogP) is 2.52. The van der Waals surface area contributed by atoms with Gasteiger partial charge in [-0.25, -0.2) is 0 Å². The molecule has 1 aliphatic rings. The van der Waals surface area contributed by atoms with Crippen molar-refractivity contribution < 1.29 is 24.2 Å². The lowest BCUT2D eigenvalue weighted by Gasteiger charge is -2.55. The molecule has 0 spiro atoms. The third-order valence-electron chi connectivity index (χ3n) is 6.59. The quantitative estimate of drug-likeness (QED) is 0.291. The number of nitrogens with one attached hydrogen (secondary N) is 1. The molecule has 3 atom stereocenters. The van der Waals surface area contributed by atoms with Crippen LogP contribution in [0.5, 0.6) is 0 Å². The Labute approximate surface area is 201 Å². The second-order valence-corrected chi connectivity index (χ2v) is 13.2. The van der Waals surface area contributed by atoms with Gasteiger partial charge in [0.05, 0.1) is 19.6 Å². The Morgan fingerprint density at radius 1 is 0.971 bits per heavy atom. The van der Waals surface area contributed by atoms with E-state index < -0.39 is 26.7 Å². The van der Waals surface area contributed by atoms with Crippen molar-refractivity contribution in [3.8, 4) is 0 Å². The number of aliphatic hydroxyl groups is 1. The number of ether oxygens (including phenoxy) is 1. The lowest BCUT2D eigenvalue weighted by Crippen LogP contribution is -2.81. The minimum Gasteiger partial charge on any atom is -0.481 e. The summed E-state index contributed by atoms with van der Waals surface area (Å²) in [7, 11) is -2.66. The van der Waals surface area contributed by atoms with E-state index in [-0.39, 0.29) is 24.7 Å². The van der Waals surface area contributed by atoms with Gasteiger partial charge in [0.1, 0.15) is 0 Å². The predicted molar refractivity (Wildman–Crippen MR) is 133 cm³/mol. The molecule has 0 fully saturated rings. The Morgan fingerprint density at radius 3 is 2.26 bits per heavy atom. The molecule has 1 aliphatic heterocycles. The summed E-state index contributed by atoms with van der Waals surface area (Å²) < 4.78 is 12.3. The van der Waals surface area contributed by atoms with Crippen LogP contribution in [0.2, 0.25) is 0 Å². The number of benzene rings is 3. The second kappa shape index (κ2) is 10.2. The molecule has 3 N–H and O–H groups in total. The molecule has 0 aliphatic carbocycles. The Hall–Kier alpha value is -2.81. The molecule has 1 heterocycles. The topological polar surface area (TPSA) is 88.0 Å². The third kappa shape index (κ3) is 4.71. The van der Waals surface area contributed by atoms with Crippen molar-refractivity contribution in [1.82, 2.24) is 5.32 Å². The Bertz CT molecular complexity index is 1110. The van der Waals surface area contributed by atoms with Crippen LogP contribution in [0, 0.1) is 0 Å². The van der Waals surface area contributed by atoms with E-state index in [1.165, 1.54) is 10.8 Å². The highest BCUT2D eigenvalue weighted by molar-refractivity contribution is 7.03. The zero-order chi connectivity index (χ0) is 24.2. The number of fused-ring (bicyclic) bond motifs is 1. The number of carbonyl (C=O) groups is 1. The molecular formula is C27H31NO5Si. The molecule has 3 aromatic rings. The van der Waals surface area contributed by atoms with Gasteiger partial charge >= 0.3 is 5.97 Å². The fourth-order valence-corrected chi connectivity index (χ4v) is 9.95. The number of aliphatic hydroxyl groups excluding tert-OH is 1. The first kappa shape index (κ1) is 24.3. The Balaban J connectivity index is 1.52. The molecule has 6 nitrogen and oxygen atoms in total. The van der Waals surface area contributed by atoms with E-state index in [0.717, 1.165) is 10.8 Å². The molecule has 34 heavy (non-hydrogen) atoms. The summed E-state index contributed by atoms with van der Waals surface area (Å²) in [5.41, 5.74) is 2.18. The highest BCUT2D eigenvalue weighted by Crippen LogP contribution is 2.42. The van der Waals surface area contributed by atoms with Crippen LogP contribution >= 0.6 is 0 Å². The standard InChI is InChI=1S/C27H31NO5Si/c1-27(2)23-15-9-10-16-24(23)34(27,22-13-7-4-8-14-22)33-19-21(17-25(29)30)28-26(31)32-18-20-11-5-3-6-12-20/h3-16,21,26,28,31H,17-19H2,1-2H3,(H,29,30)/t21-,26?,34?/m0/s1. The first-order valence-electron chi connectivity index (χ1n) is 11.5. The molecule has 7 heteroatoms. The smallest absolute Gasteiger partial charge is 0.305 e. The van der Waals surface area contributed by atoms with Gasteiger partial charge in [0.2, 0.25) is 6.41 Å². The molecule has 0 saturated carbocycles. The van der Waals surface area contributed by atoms with E-state index in [1.54, 1.807) is 0 Å². The van der Waals surface area contributed by atoms with Gasteiger partial charge < -0.3 is 19.4 Å². The van der Waals surface area contributed by atoms with Crippen molar-refractivity contribution >= 4 is 24.7 Å². The first-order chi connectivity index (χ1) is 16.3. The maximum absolute atomic E-state index is 11.6. The van der Waals surface area contributed by atoms with E-state index in [2.05, 4.69) is 43.4 Å². The van der Waals surface area contributed by atoms with Gasteiger partial charge in [-0.15, -0.1) is 0 Å². The van der Waals surface area contributed by atoms with Crippen molar-refractivity contribution in [2.75, 3.05) is 6.61 Å². The SMILES string of the molecule is CC1(C)c2ccccc2[Si]1(OC[C@H](CC(=O)O)NC(O)OCc1ccccc1)c1ccccc1. The van der Waals surface area contributed by atoms with Crippen LogP contribution in [0.3, 0.4) is 0 Å². The van der Waals surface area contributed by atoms with Gasteiger partial charge in [-0.3, -0.25) is 10.1 Å². The van der Waals surface area contributed by atoms with Crippen LogP contribution < -0.4 is 15.7 Å². The fourth-order valence-electron chi connectivity index (χ4n) is 4.93. The molecule has 0 bridgehead atoms. The van der Waals surface area contributed by atoms with Gasteiger partial charge in [0.25, 0.3) is 8.32 Å². The van der Waals surface area contributed by atoms with Crippen LogP contribution in [0.25, 0.3) is 0 Å².